The number of benzene rings is 3. The largest absolute Gasteiger partial charge is 0.463 e. The molecule has 3 aromatic carbocycles. The number of hydrogen-bond acceptors (Lipinski definition) is 6. The Kier molecular flexibility index (Phi) is 7.16. The molecule has 2 aromatic heterocycles. The van der Waals surface area contributed by atoms with Gasteiger partial charge < -0.3 is 15.3 Å². The Morgan fingerprint density at radius 3 is 2.45 bits per heavy atom. The topological polar surface area (TPSA) is 96.2 Å². The summed E-state index contributed by atoms with van der Waals surface area (Å²) in [4.78, 5) is 13.7. The lowest BCUT2D eigenvalue weighted by atomic mass is 10.0. The Morgan fingerprint density at radius 1 is 1.00 bits per heavy atom. The molecule has 40 heavy (non-hydrogen) atoms. The monoisotopic (exact) mass is 548 g/mol. The lowest BCUT2D eigenvalue weighted by Crippen LogP contribution is -2.14. The minimum atomic E-state index is -4.49. The minimum absolute atomic E-state index is 0.268. The first-order chi connectivity index (χ1) is 19.0. The van der Waals surface area contributed by atoms with Crippen molar-refractivity contribution in [2.75, 3.05) is 26.0 Å². The summed E-state index contributed by atoms with van der Waals surface area (Å²) in [7, 11) is 3.85. The third kappa shape index (κ3) is 5.46. The van der Waals surface area contributed by atoms with Gasteiger partial charge in [0.05, 0.1) is 16.8 Å². The van der Waals surface area contributed by atoms with Gasteiger partial charge in [-0.25, -0.2) is 4.79 Å². The maximum absolute atomic E-state index is 13.7. The highest BCUT2D eigenvalue weighted by molar-refractivity contribution is 6.02. The van der Waals surface area contributed by atoms with Crippen LogP contribution in [0.25, 0.3) is 32.9 Å². The molecule has 0 aliphatic rings. The molecule has 0 atom stereocenters. The first kappa shape index (κ1) is 27.1. The van der Waals surface area contributed by atoms with E-state index < -0.39 is 17.8 Å². The molecule has 0 fully saturated rings. The summed E-state index contributed by atoms with van der Waals surface area (Å²) >= 11 is 0. The Hall–Kier alpha value is -4.51. The van der Waals surface area contributed by atoms with Gasteiger partial charge in [0.2, 0.25) is 0 Å². The van der Waals surface area contributed by atoms with E-state index in [0.717, 1.165) is 23.7 Å². The normalized spacial score (nSPS) is 12.0. The van der Waals surface area contributed by atoms with Crippen LogP contribution in [-0.4, -0.2) is 56.7 Å². The molecule has 2 heterocycles. The van der Waals surface area contributed by atoms with Gasteiger partial charge in [0, 0.05) is 27.4 Å². The van der Waals surface area contributed by atoms with E-state index >= 15 is 0 Å². The van der Waals surface area contributed by atoms with Crippen molar-refractivity contribution in [3.05, 3.63) is 77.5 Å². The van der Waals surface area contributed by atoms with Crippen LogP contribution < -0.4 is 5.32 Å². The van der Waals surface area contributed by atoms with Crippen molar-refractivity contribution >= 4 is 39.3 Å². The van der Waals surface area contributed by atoms with Crippen molar-refractivity contribution in [3.8, 4) is 11.3 Å². The first-order valence-electron chi connectivity index (χ1n) is 12.6. The van der Waals surface area contributed by atoms with Crippen LogP contribution in [0.2, 0.25) is 0 Å². The summed E-state index contributed by atoms with van der Waals surface area (Å²) in [5.74, 6) is 0.311. The maximum atomic E-state index is 13.7. The van der Waals surface area contributed by atoms with Gasteiger partial charge in [-0.05, 0) is 70.2 Å². The highest BCUT2D eigenvalue weighted by Crippen LogP contribution is 2.36. The molecule has 5 aromatic rings. The second kappa shape index (κ2) is 10.6. The van der Waals surface area contributed by atoms with Gasteiger partial charge in [0.1, 0.15) is 5.69 Å². The molecular formula is C29H27F3N6O2. The molecule has 0 saturated heterocycles. The quantitative estimate of drug-likeness (QED) is 0.233. The molecule has 206 valence electrons. The van der Waals surface area contributed by atoms with E-state index in [0.29, 0.717) is 56.4 Å². The molecular weight excluding hydrogens is 521 g/mol. The van der Waals surface area contributed by atoms with Crippen LogP contribution in [0.5, 0.6) is 0 Å². The fraction of sp³-hybridized carbons (Fsp3) is 0.241. The molecule has 0 saturated carbocycles. The lowest BCUT2D eigenvalue weighted by Gasteiger charge is -2.16. The van der Waals surface area contributed by atoms with Gasteiger partial charge in [-0.15, -0.1) is 10.2 Å². The molecule has 0 bridgehead atoms. The van der Waals surface area contributed by atoms with E-state index in [2.05, 4.69) is 20.6 Å². The maximum Gasteiger partial charge on any atom is 0.432 e. The van der Waals surface area contributed by atoms with Gasteiger partial charge >= 0.3 is 12.3 Å². The smallest absolute Gasteiger partial charge is 0.432 e. The summed E-state index contributed by atoms with van der Waals surface area (Å²) < 4.78 is 42.1. The van der Waals surface area contributed by atoms with Crippen molar-refractivity contribution in [2.24, 2.45) is 0 Å². The summed E-state index contributed by atoms with van der Waals surface area (Å²) in [6, 6.07) is 16.6. The summed E-state index contributed by atoms with van der Waals surface area (Å²) in [5, 5.41) is 27.5. The summed E-state index contributed by atoms with van der Waals surface area (Å²) in [6.07, 6.45) is -4.48. The number of rotatable bonds is 7. The standard InChI is InChI=1S/C29H27F3N6O2/c1-17-22-11-10-19(15-25(22)38(36-17)28(39)40)26-23-8-4-5-9-24(23)27(35-34-26)33-21-14-18(7-6-12-37(2)3)13-20(16-21)29(30,31)32/h4-5,8-11,13-16H,6-7,12H2,1-3H3,(H,33,35)(H,39,40). The molecule has 0 amide bonds. The fourth-order valence-corrected chi connectivity index (χ4v) is 4.78. The van der Waals surface area contributed by atoms with E-state index in [1.165, 1.54) is 6.07 Å². The van der Waals surface area contributed by atoms with E-state index in [4.69, 9.17) is 0 Å². The van der Waals surface area contributed by atoms with Crippen LogP contribution >= 0.6 is 0 Å². The van der Waals surface area contributed by atoms with Crippen LogP contribution in [-0.2, 0) is 12.6 Å². The van der Waals surface area contributed by atoms with Crippen LogP contribution in [0.3, 0.4) is 0 Å². The molecule has 0 aliphatic heterocycles. The highest BCUT2D eigenvalue weighted by atomic mass is 19.4. The number of alkyl halides is 3. The third-order valence-electron chi connectivity index (χ3n) is 6.66. The van der Waals surface area contributed by atoms with Crippen molar-refractivity contribution in [1.29, 1.82) is 0 Å². The van der Waals surface area contributed by atoms with Crippen molar-refractivity contribution in [2.45, 2.75) is 25.9 Å². The van der Waals surface area contributed by atoms with E-state index in [9.17, 15) is 23.1 Å². The predicted molar refractivity (Wildman–Crippen MR) is 148 cm³/mol. The third-order valence-corrected chi connectivity index (χ3v) is 6.66. The molecule has 8 nitrogen and oxygen atoms in total. The van der Waals surface area contributed by atoms with Gasteiger partial charge in [0.15, 0.2) is 5.82 Å². The number of nitrogens with zero attached hydrogens (tertiary/aromatic N) is 5. The number of hydrogen-bond donors (Lipinski definition) is 2. The van der Waals surface area contributed by atoms with Gasteiger partial charge in [-0.3, -0.25) is 0 Å². The van der Waals surface area contributed by atoms with E-state index in [1.807, 2.05) is 49.3 Å². The number of halogens is 3. The zero-order valence-electron chi connectivity index (χ0n) is 22.1. The Morgan fingerprint density at radius 2 is 1.75 bits per heavy atom. The SMILES string of the molecule is Cc1nn(C(=O)O)c2cc(-c3nnc(Nc4cc(CCCN(C)C)cc(C(F)(F)F)c4)c4ccccc34)ccc12. The van der Waals surface area contributed by atoms with E-state index in [1.54, 1.807) is 25.1 Å². The molecule has 2 N–H and O–H groups in total. The van der Waals surface area contributed by atoms with Crippen molar-refractivity contribution in [1.82, 2.24) is 24.9 Å². The van der Waals surface area contributed by atoms with Crippen molar-refractivity contribution < 1.29 is 23.1 Å². The van der Waals surface area contributed by atoms with Crippen LogP contribution in [0.15, 0.2) is 60.7 Å². The van der Waals surface area contributed by atoms with Gasteiger partial charge in [0.25, 0.3) is 0 Å². The van der Waals surface area contributed by atoms with Crippen molar-refractivity contribution in [3.63, 3.8) is 0 Å². The van der Waals surface area contributed by atoms with Gasteiger partial charge in [-0.2, -0.15) is 23.0 Å². The summed E-state index contributed by atoms with van der Waals surface area (Å²) in [6.45, 7) is 2.49. The average Bonchev–Trinajstić information content (AvgIpc) is 3.24. The van der Waals surface area contributed by atoms with Crippen LogP contribution in [0.4, 0.5) is 29.5 Å². The lowest BCUT2D eigenvalue weighted by molar-refractivity contribution is -0.137. The minimum Gasteiger partial charge on any atom is -0.463 e. The number of aromatic nitrogens is 4. The fourth-order valence-electron chi connectivity index (χ4n) is 4.78. The average molecular weight is 549 g/mol. The molecule has 0 spiro atoms. The zero-order chi connectivity index (χ0) is 28.6. The second-order valence-corrected chi connectivity index (χ2v) is 9.90. The summed E-state index contributed by atoms with van der Waals surface area (Å²) in [5.41, 5.74) is 2.25. The van der Waals surface area contributed by atoms with E-state index in [-0.39, 0.29) is 5.69 Å². The van der Waals surface area contributed by atoms with Crippen LogP contribution in [0.1, 0.15) is 23.2 Å². The van der Waals surface area contributed by atoms with Gasteiger partial charge in [-0.1, -0.05) is 36.4 Å². The number of carbonyl (C=O) groups is 1. The van der Waals surface area contributed by atoms with Crippen LogP contribution in [0, 0.1) is 6.92 Å². The number of nitrogens with one attached hydrogen (secondary N) is 1. The molecule has 11 heteroatoms. The Balaban J connectivity index is 1.55. The number of carboxylic acid groups (broad SMARTS) is 1. The highest BCUT2D eigenvalue weighted by Gasteiger charge is 2.31. The number of fused-ring (bicyclic) bond motifs is 2. The Bertz CT molecular complexity index is 1730. The number of anilines is 2. The molecule has 0 aliphatic carbocycles. The number of aryl methyl sites for hydroxylation is 2. The predicted octanol–water partition coefficient (Wildman–Crippen LogP) is 6.74. The molecule has 0 unspecified atom stereocenters. The zero-order valence-corrected chi connectivity index (χ0v) is 22.1. The molecule has 0 radical (unpaired) electrons. The Labute approximate surface area is 228 Å². The first-order valence-corrected chi connectivity index (χ1v) is 12.6. The molecule has 5 rings (SSSR count). The second-order valence-electron chi connectivity index (χ2n) is 9.90.